The van der Waals surface area contributed by atoms with Crippen molar-refractivity contribution in [2.45, 2.75) is 37.8 Å². The number of thiophene rings is 1. The van der Waals surface area contributed by atoms with E-state index < -0.39 is 11.9 Å². The molecular formula is C24H25N7O4S. The molecule has 3 N–H and O–H groups in total. The van der Waals surface area contributed by atoms with Gasteiger partial charge in [0.05, 0.1) is 34.3 Å². The molecule has 0 aromatic carbocycles. The van der Waals surface area contributed by atoms with Gasteiger partial charge in [-0.3, -0.25) is 14.9 Å². The van der Waals surface area contributed by atoms with Gasteiger partial charge in [-0.25, -0.2) is 9.78 Å². The van der Waals surface area contributed by atoms with Crippen molar-refractivity contribution in [1.29, 1.82) is 0 Å². The molecule has 1 aliphatic carbocycles. The second-order valence-corrected chi connectivity index (χ2v) is 10.2. The molecule has 5 heterocycles. The highest BCUT2D eigenvalue weighted by molar-refractivity contribution is 7.17. The van der Waals surface area contributed by atoms with E-state index in [-0.39, 0.29) is 17.6 Å². The SMILES string of the molecule is COC[C@@H]1CCCN1C(=O)c1ccc(-c2cc(NC3CC3)n3ncc(/C=C4\NC(=O)NC4=O)c3n2)s1. The summed E-state index contributed by atoms with van der Waals surface area (Å²) < 4.78 is 7.00. The molecule has 3 fully saturated rings. The van der Waals surface area contributed by atoms with Crippen molar-refractivity contribution in [2.24, 2.45) is 0 Å². The minimum Gasteiger partial charge on any atom is -0.383 e. The molecule has 0 radical (unpaired) electrons. The minimum absolute atomic E-state index is 0.0148. The molecule has 3 aromatic rings. The highest BCUT2D eigenvalue weighted by Gasteiger charge is 2.30. The number of ether oxygens (including phenoxy) is 1. The van der Waals surface area contributed by atoms with Crippen molar-refractivity contribution >= 4 is 46.7 Å². The van der Waals surface area contributed by atoms with Crippen molar-refractivity contribution in [1.82, 2.24) is 30.1 Å². The molecule has 0 unspecified atom stereocenters. The zero-order valence-corrected chi connectivity index (χ0v) is 20.4. The molecule has 11 nitrogen and oxygen atoms in total. The number of aromatic nitrogens is 3. The largest absolute Gasteiger partial charge is 0.383 e. The van der Waals surface area contributed by atoms with Crippen LogP contribution < -0.4 is 16.0 Å². The Labute approximate surface area is 210 Å². The Balaban J connectivity index is 1.36. The number of urea groups is 1. The first-order chi connectivity index (χ1) is 17.5. The van der Waals surface area contributed by atoms with Crippen LogP contribution in [0.5, 0.6) is 0 Å². The van der Waals surface area contributed by atoms with Crippen molar-refractivity contribution in [2.75, 3.05) is 25.6 Å². The van der Waals surface area contributed by atoms with Crippen LogP contribution >= 0.6 is 11.3 Å². The molecule has 36 heavy (non-hydrogen) atoms. The van der Waals surface area contributed by atoms with Gasteiger partial charge in [-0.1, -0.05) is 0 Å². The Kier molecular flexibility index (Phi) is 5.69. The zero-order valence-electron chi connectivity index (χ0n) is 19.6. The molecule has 6 rings (SSSR count). The Morgan fingerprint density at radius 1 is 1.28 bits per heavy atom. The van der Waals surface area contributed by atoms with Crippen LogP contribution in [-0.4, -0.2) is 69.7 Å². The fourth-order valence-corrected chi connectivity index (χ4v) is 5.51. The van der Waals surface area contributed by atoms with Crippen LogP contribution in [0.15, 0.2) is 30.1 Å². The number of methoxy groups -OCH3 is 1. The van der Waals surface area contributed by atoms with E-state index in [2.05, 4.69) is 21.0 Å². The average molecular weight is 508 g/mol. The quantitative estimate of drug-likeness (QED) is 0.331. The molecule has 186 valence electrons. The van der Waals surface area contributed by atoms with Crippen LogP contribution in [0.4, 0.5) is 10.6 Å². The van der Waals surface area contributed by atoms with E-state index in [4.69, 9.17) is 9.72 Å². The summed E-state index contributed by atoms with van der Waals surface area (Å²) in [6, 6.07) is 5.62. The Bertz CT molecular complexity index is 1410. The van der Waals surface area contributed by atoms with Gasteiger partial charge in [0.25, 0.3) is 11.8 Å². The van der Waals surface area contributed by atoms with Crippen molar-refractivity contribution in [3.8, 4) is 10.6 Å². The number of nitrogens with zero attached hydrogens (tertiary/aromatic N) is 4. The minimum atomic E-state index is -0.561. The lowest BCUT2D eigenvalue weighted by Crippen LogP contribution is -2.37. The zero-order chi connectivity index (χ0) is 24.8. The average Bonchev–Trinajstić information content (AvgIpc) is 3.24. The lowest BCUT2D eigenvalue weighted by molar-refractivity contribution is -0.115. The number of imide groups is 1. The fraction of sp³-hybridized carbons (Fsp3) is 0.375. The third kappa shape index (κ3) is 4.22. The van der Waals surface area contributed by atoms with Crippen LogP contribution in [0.25, 0.3) is 22.3 Å². The summed E-state index contributed by atoms with van der Waals surface area (Å²) in [6.07, 6.45) is 7.27. The van der Waals surface area contributed by atoms with E-state index in [1.165, 1.54) is 11.3 Å². The molecule has 4 amide bonds. The first-order valence-corrected chi connectivity index (χ1v) is 12.7. The number of fused-ring (bicyclic) bond motifs is 1. The molecule has 0 bridgehead atoms. The highest BCUT2D eigenvalue weighted by Crippen LogP contribution is 2.33. The van der Waals surface area contributed by atoms with E-state index in [9.17, 15) is 14.4 Å². The standard InChI is InChI=1S/C24H25N7O4S/c1-35-12-15-3-2-8-30(15)23(33)19-7-6-18(36-19)16-10-20(26-14-4-5-14)31-21(27-16)13(11-25-31)9-17-22(32)29-24(34)28-17/h6-7,9-11,14-15,26H,2-5,8,12H2,1H3,(H2,28,29,32,34)/b17-9-/t15-/m0/s1. The van der Waals surface area contributed by atoms with Crippen LogP contribution in [0.3, 0.4) is 0 Å². The van der Waals surface area contributed by atoms with E-state index >= 15 is 0 Å². The number of hydrogen-bond donors (Lipinski definition) is 3. The van der Waals surface area contributed by atoms with Gasteiger partial charge in [0, 0.05) is 31.3 Å². The van der Waals surface area contributed by atoms with Crippen LogP contribution in [0.2, 0.25) is 0 Å². The first-order valence-electron chi connectivity index (χ1n) is 11.9. The summed E-state index contributed by atoms with van der Waals surface area (Å²) in [5, 5.41) is 12.7. The monoisotopic (exact) mass is 507 g/mol. The van der Waals surface area contributed by atoms with Gasteiger partial charge in [0.15, 0.2) is 5.65 Å². The molecule has 1 saturated carbocycles. The second-order valence-electron chi connectivity index (χ2n) is 9.16. The van der Waals surface area contributed by atoms with E-state index in [0.717, 1.165) is 42.9 Å². The predicted octanol–water partition coefficient (Wildman–Crippen LogP) is 2.46. The van der Waals surface area contributed by atoms with Gasteiger partial charge < -0.3 is 20.3 Å². The normalized spacial score (nSPS) is 20.9. The van der Waals surface area contributed by atoms with E-state index in [1.807, 2.05) is 23.1 Å². The maximum atomic E-state index is 13.2. The Hall–Kier alpha value is -3.77. The summed E-state index contributed by atoms with van der Waals surface area (Å²) in [4.78, 5) is 45.0. The molecule has 1 atom stereocenters. The Morgan fingerprint density at radius 2 is 2.14 bits per heavy atom. The lowest BCUT2D eigenvalue weighted by Gasteiger charge is -2.23. The second kappa shape index (κ2) is 9.03. The lowest BCUT2D eigenvalue weighted by atomic mass is 10.2. The number of rotatable bonds is 7. The fourth-order valence-electron chi connectivity index (χ4n) is 4.59. The molecule has 3 aliphatic rings. The van der Waals surface area contributed by atoms with Gasteiger partial charge >= 0.3 is 6.03 Å². The molecule has 2 saturated heterocycles. The Morgan fingerprint density at radius 3 is 2.89 bits per heavy atom. The maximum absolute atomic E-state index is 13.2. The number of carbonyl (C=O) groups excluding carboxylic acids is 3. The number of nitrogens with one attached hydrogen (secondary N) is 3. The first kappa shape index (κ1) is 22.7. The molecule has 3 aromatic heterocycles. The summed E-state index contributed by atoms with van der Waals surface area (Å²) in [5.74, 6) is 0.297. The summed E-state index contributed by atoms with van der Waals surface area (Å²) in [6.45, 7) is 1.27. The van der Waals surface area contributed by atoms with E-state index in [1.54, 1.807) is 23.9 Å². The van der Waals surface area contributed by atoms with Crippen molar-refractivity contribution < 1.29 is 19.1 Å². The van der Waals surface area contributed by atoms with Gasteiger partial charge in [-0.2, -0.15) is 9.61 Å². The van der Waals surface area contributed by atoms with Crippen molar-refractivity contribution in [3.63, 3.8) is 0 Å². The van der Waals surface area contributed by atoms with Crippen LogP contribution in [-0.2, 0) is 9.53 Å². The van der Waals surface area contributed by atoms with Crippen LogP contribution in [0.1, 0.15) is 40.9 Å². The number of likely N-dealkylation sites (tertiary alicyclic amines) is 1. The molecule has 12 heteroatoms. The topological polar surface area (TPSA) is 130 Å². The third-order valence-electron chi connectivity index (χ3n) is 6.51. The van der Waals surface area contributed by atoms with Gasteiger partial charge in [0.2, 0.25) is 0 Å². The van der Waals surface area contributed by atoms with Crippen molar-refractivity contribution in [3.05, 3.63) is 40.5 Å². The number of carbonyl (C=O) groups is 3. The van der Waals surface area contributed by atoms with Gasteiger partial charge in [-0.05, 0) is 43.9 Å². The number of anilines is 1. The van der Waals surface area contributed by atoms with Gasteiger partial charge in [-0.15, -0.1) is 11.3 Å². The molecular weight excluding hydrogens is 482 g/mol. The predicted molar refractivity (Wildman–Crippen MR) is 134 cm³/mol. The van der Waals surface area contributed by atoms with Gasteiger partial charge in [0.1, 0.15) is 11.5 Å². The number of hydrogen-bond acceptors (Lipinski definition) is 8. The number of amides is 4. The molecule has 2 aliphatic heterocycles. The summed E-state index contributed by atoms with van der Waals surface area (Å²) >= 11 is 1.41. The summed E-state index contributed by atoms with van der Waals surface area (Å²) in [5.41, 5.74) is 1.97. The smallest absolute Gasteiger partial charge is 0.326 e. The van der Waals surface area contributed by atoms with Crippen LogP contribution in [0, 0.1) is 0 Å². The third-order valence-corrected chi connectivity index (χ3v) is 7.61. The highest BCUT2D eigenvalue weighted by atomic mass is 32.1. The molecule has 0 spiro atoms. The maximum Gasteiger partial charge on any atom is 0.326 e. The van der Waals surface area contributed by atoms with E-state index in [0.29, 0.717) is 34.4 Å². The summed E-state index contributed by atoms with van der Waals surface area (Å²) in [7, 11) is 1.66.